The van der Waals surface area contributed by atoms with Gasteiger partial charge in [-0.2, -0.15) is 0 Å². The van der Waals surface area contributed by atoms with Crippen LogP contribution in [0, 0.1) is 0 Å². The number of anilines is 1. The first-order valence-corrected chi connectivity index (χ1v) is 10.8. The molecule has 0 saturated heterocycles. The number of benzene rings is 2. The lowest BCUT2D eigenvalue weighted by Gasteiger charge is -2.07. The Balaban J connectivity index is 1.51. The molecule has 8 nitrogen and oxygen atoms in total. The molecule has 3 aromatic rings. The second-order valence-electron chi connectivity index (χ2n) is 6.33. The number of halogens is 2. The van der Waals surface area contributed by atoms with Crippen molar-refractivity contribution in [2.45, 2.75) is 11.7 Å². The van der Waals surface area contributed by atoms with Crippen molar-refractivity contribution >= 4 is 52.5 Å². The van der Waals surface area contributed by atoms with E-state index in [4.69, 9.17) is 27.9 Å². The van der Waals surface area contributed by atoms with Crippen molar-refractivity contribution in [2.24, 2.45) is 7.05 Å². The van der Waals surface area contributed by atoms with Gasteiger partial charge in [0, 0.05) is 18.3 Å². The van der Waals surface area contributed by atoms with Crippen molar-refractivity contribution < 1.29 is 14.3 Å². The minimum absolute atomic E-state index is 0.129. The van der Waals surface area contributed by atoms with E-state index >= 15 is 0 Å². The lowest BCUT2D eigenvalue weighted by Crippen LogP contribution is -2.24. The number of nitrogens with one attached hydrogen (secondary N) is 2. The fraction of sp³-hybridized carbons (Fsp3) is 0.200. The lowest BCUT2D eigenvalue weighted by atomic mass is 10.2. The maximum absolute atomic E-state index is 12.3. The number of methoxy groups -OCH3 is 1. The topological polar surface area (TPSA) is 98.1 Å². The average Bonchev–Trinajstić information content (AvgIpc) is 3.12. The van der Waals surface area contributed by atoms with Gasteiger partial charge < -0.3 is 19.9 Å². The van der Waals surface area contributed by atoms with E-state index in [0.717, 1.165) is 0 Å². The van der Waals surface area contributed by atoms with Gasteiger partial charge in [0.25, 0.3) is 5.91 Å². The van der Waals surface area contributed by atoms with Crippen LogP contribution in [0.15, 0.2) is 47.6 Å². The molecule has 2 N–H and O–H groups in total. The first-order valence-electron chi connectivity index (χ1n) is 9.05. The number of ether oxygens (including phenoxy) is 1. The summed E-state index contributed by atoms with van der Waals surface area (Å²) in [5.41, 5.74) is 1.07. The van der Waals surface area contributed by atoms with E-state index in [1.54, 1.807) is 61.2 Å². The Morgan fingerprint density at radius 2 is 1.84 bits per heavy atom. The number of carbonyl (C=O) groups is 2. The van der Waals surface area contributed by atoms with Crippen LogP contribution in [0.2, 0.25) is 10.0 Å². The third kappa shape index (κ3) is 6.13. The standard InChI is InChI=1S/C20H19Cl2N5O3S/c1-27-17(10-23-19(29)12-3-6-14(30-2)7-4-12)25-26-20(27)31-11-18(28)24-13-5-8-15(21)16(22)9-13/h3-9H,10-11H2,1-2H3,(H,23,29)(H,24,28). The second kappa shape index (κ2) is 10.5. The molecule has 0 radical (unpaired) electrons. The summed E-state index contributed by atoms with van der Waals surface area (Å²) in [6.45, 7) is 0.199. The summed E-state index contributed by atoms with van der Waals surface area (Å²) in [4.78, 5) is 24.5. The Hall–Kier alpha value is -2.75. The van der Waals surface area contributed by atoms with Gasteiger partial charge in [-0.25, -0.2) is 0 Å². The normalized spacial score (nSPS) is 10.6. The molecule has 0 unspecified atom stereocenters. The number of aromatic nitrogens is 3. The predicted octanol–water partition coefficient (Wildman–Crippen LogP) is 3.79. The molecule has 0 bridgehead atoms. The average molecular weight is 480 g/mol. The Labute approximate surface area is 193 Å². The summed E-state index contributed by atoms with van der Waals surface area (Å²) in [5.74, 6) is 0.912. The molecule has 2 aromatic carbocycles. The van der Waals surface area contributed by atoms with Crippen molar-refractivity contribution in [3.63, 3.8) is 0 Å². The lowest BCUT2D eigenvalue weighted by molar-refractivity contribution is -0.113. The van der Waals surface area contributed by atoms with Crippen molar-refractivity contribution in [1.29, 1.82) is 0 Å². The van der Waals surface area contributed by atoms with Crippen LogP contribution in [0.4, 0.5) is 5.69 Å². The third-order valence-corrected chi connectivity index (χ3v) is 5.98. The van der Waals surface area contributed by atoms with Crippen LogP contribution in [0.3, 0.4) is 0 Å². The highest BCUT2D eigenvalue weighted by molar-refractivity contribution is 7.99. The number of carbonyl (C=O) groups excluding carboxylic acids is 2. The maximum Gasteiger partial charge on any atom is 0.251 e. The third-order valence-electron chi connectivity index (χ3n) is 4.22. The number of nitrogens with zero attached hydrogens (tertiary/aromatic N) is 3. The Bertz CT molecular complexity index is 1090. The van der Waals surface area contributed by atoms with E-state index in [1.165, 1.54) is 11.8 Å². The summed E-state index contributed by atoms with van der Waals surface area (Å²) in [6, 6.07) is 11.7. The molecular formula is C20H19Cl2N5O3S. The Kier molecular flexibility index (Phi) is 7.78. The van der Waals surface area contributed by atoms with Gasteiger partial charge in [-0.05, 0) is 42.5 Å². The summed E-state index contributed by atoms with van der Waals surface area (Å²) < 4.78 is 6.81. The highest BCUT2D eigenvalue weighted by atomic mass is 35.5. The zero-order chi connectivity index (χ0) is 22.4. The monoisotopic (exact) mass is 479 g/mol. The molecule has 1 aromatic heterocycles. The zero-order valence-electron chi connectivity index (χ0n) is 16.7. The minimum atomic E-state index is -0.235. The highest BCUT2D eigenvalue weighted by Gasteiger charge is 2.13. The molecule has 0 spiro atoms. The summed E-state index contributed by atoms with van der Waals surface area (Å²) in [7, 11) is 3.34. The number of amides is 2. The molecule has 31 heavy (non-hydrogen) atoms. The number of thioether (sulfide) groups is 1. The van der Waals surface area contributed by atoms with Crippen LogP contribution in [0.5, 0.6) is 5.75 Å². The number of hydrogen-bond acceptors (Lipinski definition) is 6. The predicted molar refractivity (Wildman–Crippen MR) is 121 cm³/mol. The summed E-state index contributed by atoms with van der Waals surface area (Å²) >= 11 is 13.1. The van der Waals surface area contributed by atoms with Gasteiger partial charge in [-0.1, -0.05) is 35.0 Å². The maximum atomic E-state index is 12.3. The van der Waals surface area contributed by atoms with Crippen LogP contribution in [0.25, 0.3) is 0 Å². The molecule has 0 saturated carbocycles. The molecule has 3 rings (SSSR count). The van der Waals surface area contributed by atoms with Gasteiger partial charge in [0.1, 0.15) is 5.75 Å². The molecular weight excluding hydrogens is 461 g/mol. The zero-order valence-corrected chi connectivity index (χ0v) is 19.0. The van der Waals surface area contributed by atoms with E-state index < -0.39 is 0 Å². The van der Waals surface area contributed by atoms with Gasteiger partial charge in [-0.15, -0.1) is 10.2 Å². The van der Waals surface area contributed by atoms with Crippen LogP contribution in [-0.2, 0) is 18.4 Å². The van der Waals surface area contributed by atoms with Gasteiger partial charge in [0.15, 0.2) is 11.0 Å². The van der Waals surface area contributed by atoms with Gasteiger partial charge in [0.05, 0.1) is 29.5 Å². The van der Waals surface area contributed by atoms with E-state index in [9.17, 15) is 9.59 Å². The van der Waals surface area contributed by atoms with Crippen LogP contribution in [0.1, 0.15) is 16.2 Å². The number of rotatable bonds is 8. The van der Waals surface area contributed by atoms with E-state index in [0.29, 0.717) is 38.0 Å². The largest absolute Gasteiger partial charge is 0.497 e. The van der Waals surface area contributed by atoms with E-state index in [2.05, 4.69) is 20.8 Å². The van der Waals surface area contributed by atoms with Crippen molar-refractivity contribution in [3.05, 3.63) is 63.9 Å². The Morgan fingerprint density at radius 1 is 1.10 bits per heavy atom. The molecule has 0 aliphatic carbocycles. The smallest absolute Gasteiger partial charge is 0.251 e. The van der Waals surface area contributed by atoms with Gasteiger partial charge in [0.2, 0.25) is 5.91 Å². The van der Waals surface area contributed by atoms with Crippen molar-refractivity contribution in [2.75, 3.05) is 18.2 Å². The van der Waals surface area contributed by atoms with E-state index in [-0.39, 0.29) is 24.1 Å². The van der Waals surface area contributed by atoms with Crippen molar-refractivity contribution in [3.8, 4) is 5.75 Å². The first-order chi connectivity index (χ1) is 14.9. The van der Waals surface area contributed by atoms with Gasteiger partial charge >= 0.3 is 0 Å². The van der Waals surface area contributed by atoms with Crippen molar-refractivity contribution in [1.82, 2.24) is 20.1 Å². The van der Waals surface area contributed by atoms with E-state index in [1.807, 2.05) is 0 Å². The fourth-order valence-electron chi connectivity index (χ4n) is 2.53. The Morgan fingerprint density at radius 3 is 2.52 bits per heavy atom. The van der Waals surface area contributed by atoms with Gasteiger partial charge in [-0.3, -0.25) is 9.59 Å². The van der Waals surface area contributed by atoms with Crippen LogP contribution < -0.4 is 15.4 Å². The first kappa shape index (κ1) is 22.9. The molecule has 162 valence electrons. The molecule has 11 heteroatoms. The summed E-state index contributed by atoms with van der Waals surface area (Å²) in [6.07, 6.45) is 0. The molecule has 0 aliphatic heterocycles. The van der Waals surface area contributed by atoms with Crippen LogP contribution >= 0.6 is 35.0 Å². The molecule has 1 heterocycles. The number of hydrogen-bond donors (Lipinski definition) is 2. The molecule has 0 aliphatic rings. The minimum Gasteiger partial charge on any atom is -0.497 e. The van der Waals surface area contributed by atoms with Crippen LogP contribution in [-0.4, -0.2) is 39.4 Å². The summed E-state index contributed by atoms with van der Waals surface area (Å²) in [5, 5.41) is 15.0. The second-order valence-corrected chi connectivity index (χ2v) is 8.09. The fourth-order valence-corrected chi connectivity index (χ4v) is 3.56. The molecule has 0 fully saturated rings. The highest BCUT2D eigenvalue weighted by Crippen LogP contribution is 2.25. The SMILES string of the molecule is COc1ccc(C(=O)NCc2nnc(SCC(=O)Nc3ccc(Cl)c(Cl)c3)n2C)cc1. The molecule has 0 atom stereocenters. The quantitative estimate of drug-likeness (QED) is 0.476. The molecule has 2 amide bonds.